The summed E-state index contributed by atoms with van der Waals surface area (Å²) in [6.45, 7) is 4.86. The van der Waals surface area contributed by atoms with Crippen molar-refractivity contribution in [3.05, 3.63) is 18.3 Å². The Morgan fingerprint density at radius 3 is 3.06 bits per heavy atom. The molecule has 0 spiro atoms. The number of imidazole rings is 1. The Morgan fingerprint density at radius 2 is 2.38 bits per heavy atom. The van der Waals surface area contributed by atoms with E-state index in [4.69, 9.17) is 0 Å². The van der Waals surface area contributed by atoms with Crippen LogP contribution in [0.2, 0.25) is 0 Å². The molecule has 0 saturated heterocycles. The predicted octanol–water partition coefficient (Wildman–Crippen LogP) is 2.18. The summed E-state index contributed by atoms with van der Waals surface area (Å²) >= 11 is 0. The van der Waals surface area contributed by atoms with Gasteiger partial charge in [0.1, 0.15) is 0 Å². The molecule has 0 fully saturated rings. The van der Waals surface area contributed by atoms with Crippen molar-refractivity contribution in [2.45, 2.75) is 20.3 Å². The number of fused-ring (bicyclic) bond motifs is 1. The van der Waals surface area contributed by atoms with Crippen molar-refractivity contribution in [1.82, 2.24) is 15.0 Å². The summed E-state index contributed by atoms with van der Waals surface area (Å²) in [6.07, 6.45) is 4.51. The lowest BCUT2D eigenvalue weighted by atomic mass is 10.4. The number of anilines is 1. The number of H-pyrrole nitrogens is 1. The Kier molecular flexibility index (Phi) is 3.14. The summed E-state index contributed by atoms with van der Waals surface area (Å²) < 4.78 is 0. The first-order valence-electron chi connectivity index (χ1n) is 5.45. The molecule has 2 aromatic heterocycles. The third-order valence-corrected chi connectivity index (χ3v) is 2.19. The van der Waals surface area contributed by atoms with Gasteiger partial charge in [-0.1, -0.05) is 6.92 Å². The van der Waals surface area contributed by atoms with Gasteiger partial charge in [-0.3, -0.25) is 0 Å². The van der Waals surface area contributed by atoms with Gasteiger partial charge in [-0.2, -0.15) is 10.1 Å². The van der Waals surface area contributed by atoms with Gasteiger partial charge in [-0.15, -0.1) is 0 Å². The number of hydrazone groups is 1. The van der Waals surface area contributed by atoms with Crippen LogP contribution in [0.5, 0.6) is 0 Å². The standard InChI is InChI=1S/C11H15N5/c1-3-7-13-16(4-2)11-14-9-6-5-8-12-10(9)15-11/h5-8H,3-4H2,1-2H3,(H,12,14,15)/b13-7+. The topological polar surface area (TPSA) is 57.2 Å². The highest BCUT2D eigenvalue weighted by atomic mass is 15.5. The summed E-state index contributed by atoms with van der Waals surface area (Å²) in [5.41, 5.74) is 1.66. The lowest BCUT2D eigenvalue weighted by Gasteiger charge is -2.11. The first-order valence-corrected chi connectivity index (χ1v) is 5.45. The zero-order valence-corrected chi connectivity index (χ0v) is 9.51. The van der Waals surface area contributed by atoms with Crippen molar-refractivity contribution in [2.75, 3.05) is 11.6 Å². The zero-order chi connectivity index (χ0) is 11.4. The highest BCUT2D eigenvalue weighted by Crippen LogP contribution is 2.14. The molecule has 0 atom stereocenters. The van der Waals surface area contributed by atoms with E-state index in [9.17, 15) is 0 Å². The van der Waals surface area contributed by atoms with Gasteiger partial charge in [0.2, 0.25) is 5.95 Å². The molecule has 0 aliphatic heterocycles. The van der Waals surface area contributed by atoms with E-state index in [-0.39, 0.29) is 0 Å². The molecule has 84 valence electrons. The minimum atomic E-state index is 0.725. The molecule has 0 aliphatic carbocycles. The maximum Gasteiger partial charge on any atom is 0.226 e. The Bertz CT molecular complexity index is 455. The Balaban J connectivity index is 2.34. The first kappa shape index (κ1) is 10.6. The van der Waals surface area contributed by atoms with Gasteiger partial charge in [-0.25, -0.2) is 9.99 Å². The Hall–Kier alpha value is -1.91. The quantitative estimate of drug-likeness (QED) is 0.630. The largest absolute Gasteiger partial charge is 0.321 e. The van der Waals surface area contributed by atoms with Crippen LogP contribution < -0.4 is 5.01 Å². The molecule has 0 saturated carbocycles. The van der Waals surface area contributed by atoms with Crippen molar-refractivity contribution in [1.29, 1.82) is 0 Å². The normalized spacial score (nSPS) is 11.4. The maximum absolute atomic E-state index is 4.38. The van der Waals surface area contributed by atoms with E-state index in [1.807, 2.05) is 30.3 Å². The number of aromatic amines is 1. The number of pyridine rings is 1. The van der Waals surface area contributed by atoms with Crippen LogP contribution in [0.3, 0.4) is 0 Å². The molecule has 16 heavy (non-hydrogen) atoms. The summed E-state index contributed by atoms with van der Waals surface area (Å²) in [4.78, 5) is 11.8. The highest BCUT2D eigenvalue weighted by molar-refractivity contribution is 5.73. The zero-order valence-electron chi connectivity index (χ0n) is 9.51. The monoisotopic (exact) mass is 217 g/mol. The molecule has 2 rings (SSSR count). The highest BCUT2D eigenvalue weighted by Gasteiger charge is 2.08. The van der Waals surface area contributed by atoms with Crippen LogP contribution in [0, 0.1) is 0 Å². The van der Waals surface area contributed by atoms with Crippen LogP contribution in [0.4, 0.5) is 5.95 Å². The van der Waals surface area contributed by atoms with Gasteiger partial charge in [0.25, 0.3) is 0 Å². The third-order valence-electron chi connectivity index (χ3n) is 2.19. The second kappa shape index (κ2) is 4.74. The fourth-order valence-electron chi connectivity index (χ4n) is 1.42. The SMILES string of the molecule is CC/C=N/N(CC)c1nc2ncccc2[nH]1. The molecule has 0 amide bonds. The molecular formula is C11H15N5. The van der Waals surface area contributed by atoms with E-state index < -0.39 is 0 Å². The molecule has 5 heteroatoms. The molecule has 5 nitrogen and oxygen atoms in total. The summed E-state index contributed by atoms with van der Waals surface area (Å²) in [6, 6.07) is 3.84. The van der Waals surface area contributed by atoms with Crippen molar-refractivity contribution in [2.24, 2.45) is 5.10 Å². The van der Waals surface area contributed by atoms with Crippen LogP contribution in [-0.2, 0) is 0 Å². The summed E-state index contributed by atoms with van der Waals surface area (Å²) in [5.74, 6) is 0.737. The number of hydrogen-bond acceptors (Lipinski definition) is 4. The van der Waals surface area contributed by atoms with Crippen molar-refractivity contribution in [3.8, 4) is 0 Å². The molecular weight excluding hydrogens is 202 g/mol. The number of hydrogen-bond donors (Lipinski definition) is 1. The first-order chi connectivity index (χ1) is 7.85. The van der Waals surface area contributed by atoms with E-state index in [1.165, 1.54) is 0 Å². The molecule has 2 heterocycles. The smallest absolute Gasteiger partial charge is 0.226 e. The molecule has 0 unspecified atom stereocenters. The second-order valence-electron chi connectivity index (χ2n) is 3.36. The van der Waals surface area contributed by atoms with Gasteiger partial charge < -0.3 is 4.98 Å². The minimum Gasteiger partial charge on any atom is -0.321 e. The molecule has 1 N–H and O–H groups in total. The van der Waals surface area contributed by atoms with Crippen LogP contribution in [-0.4, -0.2) is 27.7 Å². The molecule has 2 aromatic rings. The van der Waals surface area contributed by atoms with Crippen LogP contribution in [0.25, 0.3) is 11.2 Å². The molecule has 0 aromatic carbocycles. The third kappa shape index (κ3) is 2.03. The minimum absolute atomic E-state index is 0.725. The van der Waals surface area contributed by atoms with Crippen LogP contribution >= 0.6 is 0 Å². The lowest BCUT2D eigenvalue weighted by Crippen LogP contribution is -2.16. The van der Waals surface area contributed by atoms with E-state index in [0.717, 1.165) is 30.1 Å². The van der Waals surface area contributed by atoms with E-state index in [0.29, 0.717) is 0 Å². The summed E-state index contributed by atoms with van der Waals surface area (Å²) in [7, 11) is 0. The number of nitrogens with zero attached hydrogens (tertiary/aromatic N) is 4. The van der Waals surface area contributed by atoms with Crippen molar-refractivity contribution in [3.63, 3.8) is 0 Å². The fourth-order valence-corrected chi connectivity index (χ4v) is 1.42. The van der Waals surface area contributed by atoms with Crippen molar-refractivity contribution >= 4 is 23.3 Å². The van der Waals surface area contributed by atoms with E-state index in [1.54, 1.807) is 6.20 Å². The second-order valence-corrected chi connectivity index (χ2v) is 3.36. The van der Waals surface area contributed by atoms with Gasteiger partial charge in [0.15, 0.2) is 5.65 Å². The van der Waals surface area contributed by atoms with Gasteiger partial charge in [0, 0.05) is 19.0 Å². The lowest BCUT2D eigenvalue weighted by molar-refractivity contribution is 0.857. The van der Waals surface area contributed by atoms with Crippen molar-refractivity contribution < 1.29 is 0 Å². The van der Waals surface area contributed by atoms with Crippen LogP contribution in [0.15, 0.2) is 23.4 Å². The van der Waals surface area contributed by atoms with E-state index in [2.05, 4.69) is 27.0 Å². The molecule has 0 bridgehead atoms. The predicted molar refractivity (Wildman–Crippen MR) is 65.7 cm³/mol. The summed E-state index contributed by atoms with van der Waals surface area (Å²) in [5, 5.41) is 6.14. The Labute approximate surface area is 94.2 Å². The van der Waals surface area contributed by atoms with Gasteiger partial charge >= 0.3 is 0 Å². The average molecular weight is 217 g/mol. The molecule has 0 radical (unpaired) electrons. The number of aromatic nitrogens is 3. The van der Waals surface area contributed by atoms with Gasteiger partial charge in [0.05, 0.1) is 5.52 Å². The maximum atomic E-state index is 4.38. The fraction of sp³-hybridized carbons (Fsp3) is 0.364. The van der Waals surface area contributed by atoms with E-state index >= 15 is 0 Å². The number of rotatable bonds is 4. The van der Waals surface area contributed by atoms with Crippen LogP contribution in [0.1, 0.15) is 20.3 Å². The number of nitrogens with one attached hydrogen (secondary N) is 1. The molecule has 0 aliphatic rings. The van der Waals surface area contributed by atoms with Gasteiger partial charge in [-0.05, 0) is 25.5 Å². The average Bonchev–Trinajstić information content (AvgIpc) is 2.73. The Morgan fingerprint density at radius 1 is 1.50 bits per heavy atom.